The number of hydrogen-bond donors (Lipinski definition) is 2. The van der Waals surface area contributed by atoms with E-state index in [2.05, 4.69) is 29.8 Å². The SMILES string of the molecule is CC(NC(=O)C(N)Cc1ccccc1)c1nc2ccccc2n1C(C)C. The summed E-state index contributed by atoms with van der Waals surface area (Å²) in [5.74, 6) is 0.685. The number of para-hydroxylation sites is 2. The molecule has 0 aliphatic heterocycles. The number of hydrogen-bond acceptors (Lipinski definition) is 3. The zero-order valence-electron chi connectivity index (χ0n) is 15.5. The van der Waals surface area contributed by atoms with E-state index >= 15 is 0 Å². The van der Waals surface area contributed by atoms with E-state index in [9.17, 15) is 4.79 Å². The first-order valence-corrected chi connectivity index (χ1v) is 9.04. The molecule has 0 saturated carbocycles. The molecule has 0 radical (unpaired) electrons. The van der Waals surface area contributed by atoms with Crippen molar-refractivity contribution in [1.82, 2.24) is 14.9 Å². The molecule has 1 aromatic heterocycles. The first kappa shape index (κ1) is 18.1. The fourth-order valence-corrected chi connectivity index (χ4v) is 3.26. The number of nitrogens with zero attached hydrogens (tertiary/aromatic N) is 2. The average Bonchev–Trinajstić information content (AvgIpc) is 3.02. The van der Waals surface area contributed by atoms with E-state index in [0.29, 0.717) is 6.42 Å². The molecule has 3 aromatic rings. The minimum atomic E-state index is -0.586. The van der Waals surface area contributed by atoms with Crippen LogP contribution in [0.5, 0.6) is 0 Å². The summed E-state index contributed by atoms with van der Waals surface area (Å²) in [6.45, 7) is 6.19. The summed E-state index contributed by atoms with van der Waals surface area (Å²) in [7, 11) is 0. The number of carbonyl (C=O) groups excluding carboxylic acids is 1. The molecule has 2 unspecified atom stereocenters. The topological polar surface area (TPSA) is 72.9 Å². The van der Waals surface area contributed by atoms with Crippen LogP contribution < -0.4 is 11.1 Å². The Hall–Kier alpha value is -2.66. The van der Waals surface area contributed by atoms with Gasteiger partial charge in [-0.15, -0.1) is 0 Å². The number of carbonyl (C=O) groups is 1. The molecule has 3 N–H and O–H groups in total. The maximum absolute atomic E-state index is 12.6. The van der Waals surface area contributed by atoms with Gasteiger partial charge in [0.25, 0.3) is 0 Å². The number of benzene rings is 2. The monoisotopic (exact) mass is 350 g/mol. The molecule has 1 heterocycles. The Balaban J connectivity index is 1.77. The Labute approximate surface area is 154 Å². The largest absolute Gasteiger partial charge is 0.345 e. The molecule has 5 nitrogen and oxygen atoms in total. The van der Waals surface area contributed by atoms with Crippen molar-refractivity contribution in [1.29, 1.82) is 0 Å². The van der Waals surface area contributed by atoms with Crippen molar-refractivity contribution in [2.45, 2.75) is 45.3 Å². The zero-order valence-corrected chi connectivity index (χ0v) is 15.5. The van der Waals surface area contributed by atoms with Gasteiger partial charge in [0.1, 0.15) is 5.82 Å². The standard InChI is InChI=1S/C21H26N4O/c1-14(2)25-19-12-8-7-11-18(19)24-20(25)15(3)23-21(26)17(22)13-16-9-5-4-6-10-16/h4-12,14-15,17H,13,22H2,1-3H3,(H,23,26). The van der Waals surface area contributed by atoms with E-state index in [0.717, 1.165) is 22.4 Å². The molecule has 0 spiro atoms. The summed E-state index contributed by atoms with van der Waals surface area (Å²) in [5.41, 5.74) is 9.17. The normalized spacial score (nSPS) is 13.7. The zero-order chi connectivity index (χ0) is 18.7. The lowest BCUT2D eigenvalue weighted by atomic mass is 10.1. The summed E-state index contributed by atoms with van der Waals surface area (Å²) < 4.78 is 2.17. The highest BCUT2D eigenvalue weighted by Crippen LogP contribution is 2.24. The van der Waals surface area contributed by atoms with Crippen LogP contribution in [-0.4, -0.2) is 21.5 Å². The van der Waals surface area contributed by atoms with Crippen molar-refractivity contribution in [3.63, 3.8) is 0 Å². The van der Waals surface area contributed by atoms with E-state index < -0.39 is 6.04 Å². The van der Waals surface area contributed by atoms with Gasteiger partial charge in [0, 0.05) is 6.04 Å². The third-order valence-electron chi connectivity index (χ3n) is 4.52. The highest BCUT2D eigenvalue weighted by molar-refractivity contribution is 5.82. The van der Waals surface area contributed by atoms with Gasteiger partial charge in [-0.1, -0.05) is 42.5 Å². The van der Waals surface area contributed by atoms with Crippen LogP contribution in [0.15, 0.2) is 54.6 Å². The summed E-state index contributed by atoms with van der Waals surface area (Å²) in [6.07, 6.45) is 0.514. The van der Waals surface area contributed by atoms with Gasteiger partial charge >= 0.3 is 0 Å². The van der Waals surface area contributed by atoms with Gasteiger partial charge in [-0.2, -0.15) is 0 Å². The highest BCUT2D eigenvalue weighted by atomic mass is 16.2. The first-order valence-electron chi connectivity index (χ1n) is 9.04. The van der Waals surface area contributed by atoms with Gasteiger partial charge in [0.2, 0.25) is 5.91 Å². The molecule has 3 rings (SSSR count). The first-order chi connectivity index (χ1) is 12.5. The highest BCUT2D eigenvalue weighted by Gasteiger charge is 2.22. The Morgan fingerprint density at radius 2 is 1.73 bits per heavy atom. The number of nitrogens with two attached hydrogens (primary N) is 1. The van der Waals surface area contributed by atoms with Crippen LogP contribution in [0.3, 0.4) is 0 Å². The van der Waals surface area contributed by atoms with Crippen LogP contribution in [0.2, 0.25) is 0 Å². The summed E-state index contributed by atoms with van der Waals surface area (Å²) in [5, 5.41) is 3.03. The van der Waals surface area contributed by atoms with Crippen LogP contribution >= 0.6 is 0 Å². The number of fused-ring (bicyclic) bond motifs is 1. The molecule has 0 fully saturated rings. The minimum absolute atomic E-state index is 0.163. The molecule has 1 amide bonds. The van der Waals surface area contributed by atoms with Crippen molar-refractivity contribution >= 4 is 16.9 Å². The van der Waals surface area contributed by atoms with Crippen molar-refractivity contribution < 1.29 is 4.79 Å². The summed E-state index contributed by atoms with van der Waals surface area (Å²) in [4.78, 5) is 17.3. The smallest absolute Gasteiger partial charge is 0.237 e. The van der Waals surface area contributed by atoms with Gasteiger partial charge in [-0.05, 0) is 44.9 Å². The van der Waals surface area contributed by atoms with Crippen molar-refractivity contribution in [3.8, 4) is 0 Å². The lowest BCUT2D eigenvalue weighted by molar-refractivity contribution is -0.123. The van der Waals surface area contributed by atoms with Crippen LogP contribution in [0, 0.1) is 0 Å². The Morgan fingerprint density at radius 3 is 2.42 bits per heavy atom. The quantitative estimate of drug-likeness (QED) is 0.716. The molecular formula is C21H26N4O. The second-order valence-corrected chi connectivity index (χ2v) is 6.95. The maximum atomic E-state index is 12.6. The van der Waals surface area contributed by atoms with Crippen LogP contribution in [-0.2, 0) is 11.2 Å². The molecule has 136 valence electrons. The summed E-state index contributed by atoms with van der Waals surface area (Å²) >= 11 is 0. The predicted octanol–water partition coefficient (Wildman–Crippen LogP) is 3.36. The second-order valence-electron chi connectivity index (χ2n) is 6.95. The lowest BCUT2D eigenvalue weighted by Gasteiger charge is -2.20. The van der Waals surface area contributed by atoms with Crippen LogP contribution in [0.4, 0.5) is 0 Å². The lowest BCUT2D eigenvalue weighted by Crippen LogP contribution is -2.43. The summed E-state index contributed by atoms with van der Waals surface area (Å²) in [6, 6.07) is 17.3. The molecular weight excluding hydrogens is 324 g/mol. The van der Waals surface area contributed by atoms with Gasteiger partial charge < -0.3 is 15.6 Å². The number of imidazole rings is 1. The molecule has 5 heteroatoms. The maximum Gasteiger partial charge on any atom is 0.237 e. The second kappa shape index (κ2) is 7.70. The van der Waals surface area contributed by atoms with Crippen LogP contribution in [0.1, 0.15) is 44.2 Å². The van der Waals surface area contributed by atoms with Crippen LogP contribution in [0.25, 0.3) is 11.0 Å². The van der Waals surface area contributed by atoms with E-state index in [1.807, 2.05) is 55.5 Å². The average molecular weight is 350 g/mol. The molecule has 0 aliphatic carbocycles. The number of amides is 1. The fourth-order valence-electron chi connectivity index (χ4n) is 3.26. The number of aromatic nitrogens is 2. The van der Waals surface area contributed by atoms with Gasteiger partial charge in [-0.25, -0.2) is 4.98 Å². The van der Waals surface area contributed by atoms with Crippen molar-refractivity contribution in [2.75, 3.05) is 0 Å². The van der Waals surface area contributed by atoms with Gasteiger partial charge in [0.15, 0.2) is 0 Å². The third-order valence-corrected chi connectivity index (χ3v) is 4.52. The Kier molecular flexibility index (Phi) is 5.38. The molecule has 2 atom stereocenters. The van der Waals surface area contributed by atoms with E-state index in [4.69, 9.17) is 10.7 Å². The Morgan fingerprint density at radius 1 is 1.08 bits per heavy atom. The molecule has 0 bridgehead atoms. The fraction of sp³-hybridized carbons (Fsp3) is 0.333. The van der Waals surface area contributed by atoms with Crippen molar-refractivity contribution in [2.24, 2.45) is 5.73 Å². The van der Waals surface area contributed by atoms with Crippen molar-refractivity contribution in [3.05, 3.63) is 66.0 Å². The Bertz CT molecular complexity index is 885. The van der Waals surface area contributed by atoms with E-state index in [1.165, 1.54) is 0 Å². The number of nitrogens with one attached hydrogen (secondary N) is 1. The molecule has 26 heavy (non-hydrogen) atoms. The molecule has 2 aromatic carbocycles. The number of rotatable bonds is 6. The third kappa shape index (κ3) is 3.78. The predicted molar refractivity (Wildman–Crippen MR) is 105 cm³/mol. The van der Waals surface area contributed by atoms with Gasteiger partial charge in [0.05, 0.1) is 23.1 Å². The van der Waals surface area contributed by atoms with Gasteiger partial charge in [-0.3, -0.25) is 4.79 Å². The molecule has 0 aliphatic rings. The molecule has 0 saturated heterocycles. The minimum Gasteiger partial charge on any atom is -0.345 e. The van der Waals surface area contributed by atoms with E-state index in [-0.39, 0.29) is 18.0 Å². The van der Waals surface area contributed by atoms with E-state index in [1.54, 1.807) is 0 Å².